The third kappa shape index (κ3) is 5.62. The minimum absolute atomic E-state index is 0.185. The molecule has 0 aromatic heterocycles. The molecule has 2 unspecified atom stereocenters. The zero-order chi connectivity index (χ0) is 21.0. The number of aryl methyl sites for hydroxylation is 1. The van der Waals surface area contributed by atoms with E-state index >= 15 is 0 Å². The number of hydrogen-bond donors (Lipinski definition) is 2. The molecule has 29 heavy (non-hydrogen) atoms. The second kappa shape index (κ2) is 9.63. The first kappa shape index (κ1) is 22.3. The molecular formula is C22H30ClNO4S. The Labute approximate surface area is 178 Å². The molecule has 3 saturated carbocycles. The quantitative estimate of drug-likeness (QED) is 0.428. The average Bonchev–Trinajstić information content (AvgIpc) is 2.67. The van der Waals surface area contributed by atoms with E-state index in [9.17, 15) is 13.2 Å². The smallest absolute Gasteiger partial charge is 0.303 e. The topological polar surface area (TPSA) is 83.5 Å². The molecule has 0 saturated heterocycles. The molecule has 160 valence electrons. The fraction of sp³-hybridized carbons (Fsp3) is 0.591. The van der Waals surface area contributed by atoms with Crippen molar-refractivity contribution >= 4 is 27.6 Å². The van der Waals surface area contributed by atoms with Crippen LogP contribution in [0.2, 0.25) is 5.02 Å². The van der Waals surface area contributed by atoms with Gasteiger partial charge in [-0.3, -0.25) is 4.79 Å². The number of fused-ring (bicyclic) bond motifs is 3. The number of halogens is 1. The lowest BCUT2D eigenvalue weighted by Crippen LogP contribution is -2.45. The van der Waals surface area contributed by atoms with Gasteiger partial charge in [0.2, 0.25) is 10.0 Å². The number of rotatable bonds is 9. The number of carboxylic acid groups (broad SMARTS) is 1. The molecule has 3 aliphatic rings. The SMILES string of the molecule is Cc1cc(Cl)ccc1S(=O)(=O)NCC1C2CCC(CC2)C1/C=C/CCCC(=O)O. The zero-order valence-corrected chi connectivity index (χ0v) is 18.4. The number of unbranched alkanes of at least 4 members (excludes halogenated alkanes) is 1. The molecule has 1 aromatic rings. The zero-order valence-electron chi connectivity index (χ0n) is 16.8. The number of hydrogen-bond acceptors (Lipinski definition) is 3. The van der Waals surface area contributed by atoms with E-state index in [0.29, 0.717) is 47.2 Å². The van der Waals surface area contributed by atoms with Crippen molar-refractivity contribution in [1.29, 1.82) is 0 Å². The van der Waals surface area contributed by atoms with Crippen molar-refractivity contribution in [3.05, 3.63) is 40.9 Å². The summed E-state index contributed by atoms with van der Waals surface area (Å²) in [7, 11) is -3.58. The molecule has 0 aliphatic heterocycles. The standard InChI is InChI=1S/C22H30ClNO4S/c1-15-13-18(23)11-12-21(15)29(27,28)24-14-20-17-9-7-16(8-10-17)19(20)5-3-2-4-6-22(25)26/h3,5,11-13,16-17,19-20,24H,2,4,6-10,14H2,1H3,(H,25,26)/b5-3+. The summed E-state index contributed by atoms with van der Waals surface area (Å²) in [5.41, 5.74) is 0.644. The summed E-state index contributed by atoms with van der Waals surface area (Å²) in [6, 6.07) is 4.84. The molecule has 0 spiro atoms. The Morgan fingerprint density at radius 2 is 1.93 bits per heavy atom. The molecule has 2 atom stereocenters. The van der Waals surface area contributed by atoms with Crippen molar-refractivity contribution in [2.24, 2.45) is 23.7 Å². The fourth-order valence-corrected chi connectivity index (χ4v) is 6.57. The van der Waals surface area contributed by atoms with Gasteiger partial charge >= 0.3 is 5.97 Å². The van der Waals surface area contributed by atoms with Crippen LogP contribution in [0.4, 0.5) is 0 Å². The van der Waals surface area contributed by atoms with Crippen LogP contribution in [0.25, 0.3) is 0 Å². The minimum atomic E-state index is -3.58. The molecule has 2 N–H and O–H groups in total. The second-order valence-electron chi connectivity index (χ2n) is 8.39. The average molecular weight is 440 g/mol. The van der Waals surface area contributed by atoms with E-state index in [1.54, 1.807) is 25.1 Å². The number of nitrogens with one attached hydrogen (secondary N) is 1. The maximum atomic E-state index is 12.9. The maximum absolute atomic E-state index is 12.9. The van der Waals surface area contributed by atoms with Crippen molar-refractivity contribution in [1.82, 2.24) is 4.72 Å². The molecule has 0 radical (unpaired) electrons. The van der Waals surface area contributed by atoms with Gasteiger partial charge in [0.25, 0.3) is 0 Å². The summed E-state index contributed by atoms with van der Waals surface area (Å²) < 4.78 is 28.6. The normalized spacial score (nSPS) is 26.8. The Balaban J connectivity index is 1.66. The number of allylic oxidation sites excluding steroid dienone is 2. The van der Waals surface area contributed by atoms with Gasteiger partial charge < -0.3 is 5.11 Å². The largest absolute Gasteiger partial charge is 0.481 e. The summed E-state index contributed by atoms with van der Waals surface area (Å²) in [5.74, 6) is 1.03. The summed E-state index contributed by atoms with van der Waals surface area (Å²) in [6.45, 7) is 2.20. The van der Waals surface area contributed by atoms with Crippen molar-refractivity contribution in [2.45, 2.75) is 56.8 Å². The lowest BCUT2D eigenvalue weighted by atomic mass is 9.58. The first-order chi connectivity index (χ1) is 13.8. The highest BCUT2D eigenvalue weighted by Crippen LogP contribution is 2.49. The van der Waals surface area contributed by atoms with E-state index in [0.717, 1.165) is 6.42 Å². The molecule has 5 nitrogen and oxygen atoms in total. The van der Waals surface area contributed by atoms with E-state index in [-0.39, 0.29) is 11.3 Å². The van der Waals surface area contributed by atoms with Gasteiger partial charge in [-0.1, -0.05) is 23.8 Å². The van der Waals surface area contributed by atoms with Gasteiger partial charge in [-0.05, 0) is 92.9 Å². The highest BCUT2D eigenvalue weighted by molar-refractivity contribution is 7.89. The summed E-state index contributed by atoms with van der Waals surface area (Å²) in [5, 5.41) is 9.29. The van der Waals surface area contributed by atoms with Crippen LogP contribution in [0.5, 0.6) is 0 Å². The van der Waals surface area contributed by atoms with Crippen LogP contribution < -0.4 is 4.72 Å². The van der Waals surface area contributed by atoms with Crippen LogP contribution in [0.15, 0.2) is 35.2 Å². The number of aliphatic carboxylic acids is 1. The minimum Gasteiger partial charge on any atom is -0.481 e. The molecular weight excluding hydrogens is 410 g/mol. The lowest BCUT2D eigenvalue weighted by molar-refractivity contribution is -0.137. The van der Waals surface area contributed by atoms with E-state index in [1.807, 2.05) is 0 Å². The summed E-state index contributed by atoms with van der Waals surface area (Å²) in [6.07, 6.45) is 10.6. The third-order valence-corrected chi connectivity index (χ3v) is 8.33. The van der Waals surface area contributed by atoms with Crippen LogP contribution in [0, 0.1) is 30.6 Å². The first-order valence-electron chi connectivity index (χ1n) is 10.4. The highest BCUT2D eigenvalue weighted by Gasteiger charge is 2.42. The maximum Gasteiger partial charge on any atom is 0.303 e. The van der Waals surface area contributed by atoms with Crippen LogP contribution in [-0.2, 0) is 14.8 Å². The molecule has 1 aromatic carbocycles. The molecule has 7 heteroatoms. The summed E-state index contributed by atoms with van der Waals surface area (Å²) >= 11 is 5.96. The van der Waals surface area contributed by atoms with Gasteiger partial charge in [0.05, 0.1) is 4.90 Å². The van der Waals surface area contributed by atoms with Crippen molar-refractivity contribution in [3.8, 4) is 0 Å². The molecule has 3 fully saturated rings. The van der Waals surface area contributed by atoms with E-state index in [2.05, 4.69) is 16.9 Å². The van der Waals surface area contributed by atoms with Gasteiger partial charge in [0, 0.05) is 18.0 Å². The van der Waals surface area contributed by atoms with Gasteiger partial charge in [-0.15, -0.1) is 0 Å². The Hall–Kier alpha value is -1.37. The first-order valence-corrected chi connectivity index (χ1v) is 12.3. The second-order valence-corrected chi connectivity index (χ2v) is 10.6. The molecule has 2 bridgehead atoms. The molecule has 4 rings (SSSR count). The van der Waals surface area contributed by atoms with E-state index in [1.165, 1.54) is 25.7 Å². The van der Waals surface area contributed by atoms with Crippen molar-refractivity contribution in [2.75, 3.05) is 6.54 Å². The van der Waals surface area contributed by atoms with Gasteiger partial charge in [-0.25, -0.2) is 13.1 Å². The van der Waals surface area contributed by atoms with Gasteiger partial charge in [0.15, 0.2) is 0 Å². The Morgan fingerprint density at radius 3 is 2.59 bits per heavy atom. The monoisotopic (exact) mass is 439 g/mol. The predicted octanol–water partition coefficient (Wildman–Crippen LogP) is 4.79. The third-order valence-electron chi connectivity index (χ3n) is 6.52. The van der Waals surface area contributed by atoms with Crippen LogP contribution in [0.1, 0.15) is 50.5 Å². The number of carbonyl (C=O) groups is 1. The molecule has 0 heterocycles. The van der Waals surface area contributed by atoms with Crippen molar-refractivity contribution in [3.63, 3.8) is 0 Å². The Kier molecular flexibility index (Phi) is 7.41. The van der Waals surface area contributed by atoms with Crippen molar-refractivity contribution < 1.29 is 18.3 Å². The van der Waals surface area contributed by atoms with E-state index in [4.69, 9.17) is 16.7 Å². The van der Waals surface area contributed by atoms with Crippen LogP contribution in [0.3, 0.4) is 0 Å². The van der Waals surface area contributed by atoms with Crippen LogP contribution in [-0.4, -0.2) is 26.0 Å². The number of carboxylic acids is 1. The van der Waals surface area contributed by atoms with Gasteiger partial charge in [-0.2, -0.15) is 0 Å². The van der Waals surface area contributed by atoms with E-state index < -0.39 is 16.0 Å². The molecule has 3 aliphatic carbocycles. The van der Waals surface area contributed by atoms with Crippen LogP contribution >= 0.6 is 11.6 Å². The fourth-order valence-electron chi connectivity index (χ4n) is 5.05. The number of benzene rings is 1. The lowest BCUT2D eigenvalue weighted by Gasteiger charge is -2.48. The summed E-state index contributed by atoms with van der Waals surface area (Å²) in [4.78, 5) is 10.9. The Bertz CT molecular complexity index is 860. The predicted molar refractivity (Wildman–Crippen MR) is 114 cm³/mol. The Morgan fingerprint density at radius 1 is 1.24 bits per heavy atom. The highest BCUT2D eigenvalue weighted by atomic mass is 35.5. The van der Waals surface area contributed by atoms with Gasteiger partial charge in [0.1, 0.15) is 0 Å². The molecule has 0 amide bonds. The number of sulfonamides is 1.